The number of quaternary nitrogens is 1. The first-order valence-electron chi connectivity index (χ1n) is 4.68. The highest BCUT2D eigenvalue weighted by atomic mass is 35.7. The van der Waals surface area contributed by atoms with Crippen molar-refractivity contribution in [2.24, 2.45) is 5.92 Å². The van der Waals surface area contributed by atoms with Gasteiger partial charge in [0.25, 0.3) is 0 Å². The van der Waals surface area contributed by atoms with Gasteiger partial charge in [-0.1, -0.05) is 0 Å². The van der Waals surface area contributed by atoms with Crippen LogP contribution in [0.3, 0.4) is 0 Å². The lowest BCUT2D eigenvalue weighted by Crippen LogP contribution is -2.68. The van der Waals surface area contributed by atoms with Gasteiger partial charge in [0, 0.05) is 12.8 Å². The lowest BCUT2D eigenvalue weighted by atomic mass is 9.96. The number of nitrogens with zero attached hydrogens (tertiary/aromatic N) is 1. The van der Waals surface area contributed by atoms with Crippen LogP contribution in [0.4, 0.5) is 0 Å². The predicted molar refractivity (Wildman–Crippen MR) is 42.2 cm³/mol. The van der Waals surface area contributed by atoms with Crippen molar-refractivity contribution in [1.29, 1.82) is 0 Å². The minimum atomic E-state index is -4.94. The molecule has 0 spiro atoms. The maximum absolute atomic E-state index is 10.6. The Morgan fingerprint density at radius 3 is 1.75 bits per heavy atom. The first-order chi connectivity index (χ1) is 7.01. The normalized spacial score (nSPS) is 20.9. The van der Waals surface area contributed by atoms with Crippen molar-refractivity contribution < 1.29 is 43.3 Å². The molecule has 1 saturated heterocycles. The van der Waals surface area contributed by atoms with Gasteiger partial charge in [0.15, 0.2) is 0 Å². The monoisotopic (exact) mass is 257 g/mol. The second-order valence-corrected chi connectivity index (χ2v) is 5.13. The van der Waals surface area contributed by atoms with E-state index in [0.29, 0.717) is 0 Å². The molecule has 0 atom stereocenters. The number of likely N-dealkylation sites (tertiary alicyclic amines) is 1. The first kappa shape index (κ1) is 15.6. The molecule has 1 heterocycles. The fourth-order valence-electron chi connectivity index (χ4n) is 1.51. The lowest BCUT2D eigenvalue weighted by Gasteiger charge is -2.35. The quantitative estimate of drug-likeness (QED) is 0.474. The number of hydrogen-bond donors (Lipinski definition) is 1. The van der Waals surface area contributed by atoms with Crippen LogP contribution in [0.1, 0.15) is 12.8 Å². The van der Waals surface area contributed by atoms with E-state index in [0.717, 1.165) is 30.4 Å². The van der Waals surface area contributed by atoms with Crippen LogP contribution in [-0.4, -0.2) is 42.7 Å². The third-order valence-corrected chi connectivity index (χ3v) is 2.52. The summed E-state index contributed by atoms with van der Waals surface area (Å²) in [7, 11) is -0.643. The van der Waals surface area contributed by atoms with Gasteiger partial charge in [0.2, 0.25) is 0 Å². The third-order valence-electron chi connectivity index (χ3n) is 2.52. The maximum atomic E-state index is 10.6. The van der Waals surface area contributed by atoms with Crippen molar-refractivity contribution in [3.8, 4) is 0 Å². The van der Waals surface area contributed by atoms with Crippen LogP contribution in [0.15, 0.2) is 0 Å². The summed E-state index contributed by atoms with van der Waals surface area (Å²) in [6, 6.07) is 0. The smallest absolute Gasteiger partial charge is 0.306 e. The van der Waals surface area contributed by atoms with Crippen molar-refractivity contribution in [2.75, 3.05) is 27.2 Å². The SMILES string of the molecule is C[N+]1(C)CCC(C(=O)O)CC1.[O-][Cl+3]([O-])([O-])[O-]. The fraction of sp³-hybridized carbons (Fsp3) is 0.875. The molecule has 8 heteroatoms. The molecular formula is C8H16ClNO6. The van der Waals surface area contributed by atoms with Crippen LogP contribution in [0.25, 0.3) is 0 Å². The molecule has 1 N–H and O–H groups in total. The van der Waals surface area contributed by atoms with Gasteiger partial charge in [-0.3, -0.25) is 4.79 Å². The Morgan fingerprint density at radius 1 is 1.19 bits per heavy atom. The van der Waals surface area contributed by atoms with Gasteiger partial charge in [-0.2, -0.15) is 0 Å². The fourth-order valence-corrected chi connectivity index (χ4v) is 1.51. The highest BCUT2D eigenvalue weighted by Crippen LogP contribution is 2.19. The number of carboxylic acid groups (broad SMARTS) is 1. The molecule has 0 aromatic rings. The van der Waals surface area contributed by atoms with Crippen LogP contribution in [0.5, 0.6) is 0 Å². The van der Waals surface area contributed by atoms with Crippen molar-refractivity contribution in [3.05, 3.63) is 0 Å². The zero-order valence-electron chi connectivity index (χ0n) is 9.22. The Kier molecular flexibility index (Phi) is 5.60. The van der Waals surface area contributed by atoms with E-state index in [1.807, 2.05) is 0 Å². The molecule has 16 heavy (non-hydrogen) atoms. The van der Waals surface area contributed by atoms with Gasteiger partial charge >= 0.3 is 5.97 Å². The van der Waals surface area contributed by atoms with Gasteiger partial charge in [-0.25, -0.2) is 18.6 Å². The molecule has 0 amide bonds. The minimum absolute atomic E-state index is 0.0823. The zero-order valence-corrected chi connectivity index (χ0v) is 9.98. The molecule has 1 fully saturated rings. The van der Waals surface area contributed by atoms with E-state index in [4.69, 9.17) is 23.7 Å². The van der Waals surface area contributed by atoms with E-state index in [1.165, 1.54) is 0 Å². The molecule has 96 valence electrons. The number of piperidine rings is 1. The Hall–Kier alpha value is -0.440. The summed E-state index contributed by atoms with van der Waals surface area (Å²) in [5.41, 5.74) is 0. The summed E-state index contributed by atoms with van der Waals surface area (Å²) in [5.74, 6) is -0.703. The Morgan fingerprint density at radius 2 is 1.50 bits per heavy atom. The van der Waals surface area contributed by atoms with Crippen LogP contribution in [0, 0.1) is 16.2 Å². The molecular weight excluding hydrogens is 242 g/mol. The van der Waals surface area contributed by atoms with E-state index in [2.05, 4.69) is 14.1 Å². The van der Waals surface area contributed by atoms with Crippen molar-refractivity contribution in [2.45, 2.75) is 12.8 Å². The molecule has 0 aromatic heterocycles. The molecule has 0 saturated carbocycles. The molecule has 0 radical (unpaired) electrons. The summed E-state index contributed by atoms with van der Waals surface area (Å²) >= 11 is 0. The Bertz CT molecular complexity index is 223. The van der Waals surface area contributed by atoms with E-state index in [-0.39, 0.29) is 5.92 Å². The van der Waals surface area contributed by atoms with Gasteiger partial charge in [0.1, 0.15) is 0 Å². The van der Waals surface area contributed by atoms with E-state index in [9.17, 15) is 4.79 Å². The van der Waals surface area contributed by atoms with E-state index in [1.54, 1.807) is 0 Å². The summed E-state index contributed by atoms with van der Waals surface area (Å²) in [4.78, 5) is 10.6. The highest BCUT2D eigenvalue weighted by molar-refractivity contribution is 5.69. The largest absolute Gasteiger partial charge is 0.481 e. The number of carbonyl (C=O) groups is 1. The molecule has 1 aliphatic heterocycles. The van der Waals surface area contributed by atoms with Crippen molar-refractivity contribution in [3.63, 3.8) is 0 Å². The highest BCUT2D eigenvalue weighted by Gasteiger charge is 2.29. The number of aliphatic carboxylic acids is 1. The molecule has 0 unspecified atom stereocenters. The molecule has 1 aliphatic rings. The van der Waals surface area contributed by atoms with Crippen LogP contribution >= 0.6 is 0 Å². The Balaban J connectivity index is 0.000000385. The van der Waals surface area contributed by atoms with Crippen LogP contribution < -0.4 is 18.6 Å². The second-order valence-electron chi connectivity index (χ2n) is 4.37. The van der Waals surface area contributed by atoms with Gasteiger partial charge in [-0.05, 0) is 0 Å². The third kappa shape index (κ3) is 8.84. The maximum Gasteiger partial charge on any atom is 0.306 e. The molecule has 0 aliphatic carbocycles. The van der Waals surface area contributed by atoms with Gasteiger partial charge < -0.3 is 9.59 Å². The molecule has 0 bridgehead atoms. The average Bonchev–Trinajstić information content (AvgIpc) is 1.99. The van der Waals surface area contributed by atoms with E-state index >= 15 is 0 Å². The first-order valence-corrected chi connectivity index (χ1v) is 5.91. The van der Waals surface area contributed by atoms with Crippen molar-refractivity contribution >= 4 is 5.97 Å². The van der Waals surface area contributed by atoms with Crippen molar-refractivity contribution in [1.82, 2.24) is 0 Å². The number of carboxylic acids is 1. The second kappa shape index (κ2) is 5.76. The standard InChI is InChI=1S/C8H15NO2.ClHO4/c1-9(2)5-3-7(4-6-9)8(10)11;2-1(3,4)5/h7H,3-6H2,1-2H3;(H,2,3,4,5). The summed E-state index contributed by atoms with van der Waals surface area (Å²) in [6.45, 7) is 1.99. The lowest BCUT2D eigenvalue weighted by molar-refractivity contribution is -2.00. The predicted octanol–water partition coefficient (Wildman–Crippen LogP) is -4.20. The Labute approximate surface area is 95.9 Å². The molecule has 0 aromatic carbocycles. The minimum Gasteiger partial charge on any atom is -0.481 e. The average molecular weight is 258 g/mol. The summed E-state index contributed by atoms with van der Waals surface area (Å²) < 4.78 is 34.9. The van der Waals surface area contributed by atoms with Crippen LogP contribution in [0.2, 0.25) is 0 Å². The number of halogens is 1. The summed E-state index contributed by atoms with van der Waals surface area (Å²) in [5, 5.41) is 8.70. The van der Waals surface area contributed by atoms with Gasteiger partial charge in [-0.15, -0.1) is 10.2 Å². The molecule has 7 nitrogen and oxygen atoms in total. The topological polar surface area (TPSA) is 130 Å². The molecule has 1 rings (SSSR count). The number of hydrogen-bond acceptors (Lipinski definition) is 5. The zero-order chi connectivity index (χ0) is 13.0. The van der Waals surface area contributed by atoms with Crippen LogP contribution in [-0.2, 0) is 4.79 Å². The van der Waals surface area contributed by atoms with Gasteiger partial charge in [0.05, 0.1) is 33.1 Å². The van der Waals surface area contributed by atoms with E-state index < -0.39 is 16.2 Å². The number of rotatable bonds is 1. The summed E-state index contributed by atoms with van der Waals surface area (Å²) in [6.07, 6.45) is 1.67.